The quantitative estimate of drug-likeness (QED) is 0.580. The van der Waals surface area contributed by atoms with Gasteiger partial charge in [-0.15, -0.1) is 0 Å². The number of nitrogens with zero attached hydrogens (tertiary/aromatic N) is 1. The lowest BCUT2D eigenvalue weighted by atomic mass is 10.0. The van der Waals surface area contributed by atoms with Crippen molar-refractivity contribution in [2.24, 2.45) is 0 Å². The van der Waals surface area contributed by atoms with Crippen LogP contribution in [0, 0.1) is 6.92 Å². The Morgan fingerprint density at radius 2 is 1.83 bits per heavy atom. The molecule has 2 aromatic rings. The number of sulfonamides is 1. The van der Waals surface area contributed by atoms with Crippen LogP contribution >= 0.6 is 11.6 Å². The smallest absolute Gasteiger partial charge is 0.243 e. The highest BCUT2D eigenvalue weighted by molar-refractivity contribution is 7.92. The summed E-state index contributed by atoms with van der Waals surface area (Å²) in [5, 5.41) is 3.18. The number of hydrogen-bond acceptors (Lipinski definition) is 4. The van der Waals surface area contributed by atoms with Crippen LogP contribution in [0.4, 0.5) is 5.69 Å². The van der Waals surface area contributed by atoms with E-state index in [1.165, 1.54) is 0 Å². The Balaban J connectivity index is 2.03. The summed E-state index contributed by atoms with van der Waals surface area (Å²) in [6.45, 7) is 8.06. The molecule has 1 atom stereocenters. The number of carbonyl (C=O) groups excluding carboxylic acids is 1. The summed E-state index contributed by atoms with van der Waals surface area (Å²) in [4.78, 5) is 12.6. The molecule has 2 aromatic carbocycles. The molecule has 0 aliphatic rings. The lowest BCUT2D eigenvalue weighted by Gasteiger charge is -2.28. The Morgan fingerprint density at radius 1 is 1.17 bits per heavy atom. The average molecular weight is 453 g/mol. The van der Waals surface area contributed by atoms with Gasteiger partial charge in [0.2, 0.25) is 15.9 Å². The maximum atomic E-state index is 12.6. The zero-order chi connectivity index (χ0) is 22.5. The second-order valence-corrected chi connectivity index (χ2v) is 9.77. The molecule has 30 heavy (non-hydrogen) atoms. The maximum absolute atomic E-state index is 12.6. The van der Waals surface area contributed by atoms with Gasteiger partial charge in [-0.3, -0.25) is 9.10 Å². The number of rotatable bonds is 9. The molecule has 0 fully saturated rings. The number of amides is 1. The zero-order valence-corrected chi connectivity index (χ0v) is 19.5. The first-order chi connectivity index (χ1) is 14.0. The van der Waals surface area contributed by atoms with Crippen molar-refractivity contribution in [3.05, 3.63) is 58.6 Å². The van der Waals surface area contributed by atoms with E-state index in [1.807, 2.05) is 31.2 Å². The second-order valence-electron chi connectivity index (χ2n) is 7.50. The van der Waals surface area contributed by atoms with Crippen molar-refractivity contribution in [3.8, 4) is 5.75 Å². The van der Waals surface area contributed by atoms with Crippen LogP contribution < -0.4 is 14.4 Å². The molecular weight excluding hydrogens is 424 g/mol. The molecule has 1 amide bonds. The molecular formula is C22H29ClN2O4S. The Bertz CT molecular complexity index is 992. The highest BCUT2D eigenvalue weighted by Gasteiger charge is 2.29. The van der Waals surface area contributed by atoms with E-state index in [-0.39, 0.29) is 13.2 Å². The summed E-state index contributed by atoms with van der Waals surface area (Å²) < 4.78 is 31.6. The third-order valence-corrected chi connectivity index (χ3v) is 6.35. The topological polar surface area (TPSA) is 75.7 Å². The SMILES string of the molecule is Cc1ccc(N([C@@H](C)C(=O)NCCOc2ccccc2C(C)C)S(C)(=O)=O)cc1Cl. The van der Waals surface area contributed by atoms with E-state index in [2.05, 4.69) is 19.2 Å². The zero-order valence-electron chi connectivity index (χ0n) is 18.0. The van der Waals surface area contributed by atoms with Crippen molar-refractivity contribution in [1.82, 2.24) is 5.32 Å². The summed E-state index contributed by atoms with van der Waals surface area (Å²) in [6.07, 6.45) is 1.07. The molecule has 0 bridgehead atoms. The van der Waals surface area contributed by atoms with Gasteiger partial charge in [-0.1, -0.05) is 49.7 Å². The van der Waals surface area contributed by atoms with E-state index in [0.29, 0.717) is 16.6 Å². The van der Waals surface area contributed by atoms with Crippen molar-refractivity contribution in [1.29, 1.82) is 0 Å². The fourth-order valence-electron chi connectivity index (χ4n) is 3.10. The van der Waals surface area contributed by atoms with E-state index >= 15 is 0 Å². The molecule has 0 aliphatic heterocycles. The van der Waals surface area contributed by atoms with Crippen LogP contribution in [0.3, 0.4) is 0 Å². The molecule has 8 heteroatoms. The molecule has 0 unspecified atom stereocenters. The minimum absolute atomic E-state index is 0.252. The molecule has 6 nitrogen and oxygen atoms in total. The Morgan fingerprint density at radius 3 is 2.43 bits per heavy atom. The number of ether oxygens (including phenoxy) is 1. The Hall–Kier alpha value is -2.25. The third-order valence-electron chi connectivity index (χ3n) is 4.70. The summed E-state index contributed by atoms with van der Waals surface area (Å²) in [5.74, 6) is 0.681. The number of aryl methyl sites for hydroxylation is 1. The molecule has 164 valence electrons. The van der Waals surface area contributed by atoms with E-state index in [9.17, 15) is 13.2 Å². The summed E-state index contributed by atoms with van der Waals surface area (Å²) >= 11 is 6.15. The van der Waals surface area contributed by atoms with Crippen LogP contribution in [0.1, 0.15) is 37.8 Å². The van der Waals surface area contributed by atoms with E-state index < -0.39 is 22.0 Å². The van der Waals surface area contributed by atoms with Crippen molar-refractivity contribution in [2.75, 3.05) is 23.7 Å². The molecule has 0 heterocycles. The minimum Gasteiger partial charge on any atom is -0.491 e. The largest absolute Gasteiger partial charge is 0.491 e. The van der Waals surface area contributed by atoms with Crippen molar-refractivity contribution in [2.45, 2.75) is 39.7 Å². The van der Waals surface area contributed by atoms with Crippen LogP contribution in [0.25, 0.3) is 0 Å². The van der Waals surface area contributed by atoms with Crippen LogP contribution in [0.15, 0.2) is 42.5 Å². The molecule has 2 rings (SSSR count). The lowest BCUT2D eigenvalue weighted by molar-refractivity contribution is -0.121. The fourth-order valence-corrected chi connectivity index (χ4v) is 4.44. The molecule has 0 spiro atoms. The Labute approximate surface area is 184 Å². The summed E-state index contributed by atoms with van der Waals surface area (Å²) in [7, 11) is -3.70. The highest BCUT2D eigenvalue weighted by Crippen LogP contribution is 2.27. The first-order valence-corrected chi connectivity index (χ1v) is 12.0. The number of para-hydroxylation sites is 1. The lowest BCUT2D eigenvalue weighted by Crippen LogP contribution is -2.48. The number of benzene rings is 2. The predicted molar refractivity (Wildman–Crippen MR) is 122 cm³/mol. The van der Waals surface area contributed by atoms with E-state index in [1.54, 1.807) is 25.1 Å². The van der Waals surface area contributed by atoms with Gasteiger partial charge in [-0.05, 0) is 49.1 Å². The van der Waals surface area contributed by atoms with Gasteiger partial charge in [0.1, 0.15) is 18.4 Å². The number of halogens is 1. The van der Waals surface area contributed by atoms with E-state index in [4.69, 9.17) is 16.3 Å². The maximum Gasteiger partial charge on any atom is 0.243 e. The van der Waals surface area contributed by atoms with Gasteiger partial charge in [0, 0.05) is 5.02 Å². The molecule has 0 saturated carbocycles. The van der Waals surface area contributed by atoms with Crippen molar-refractivity contribution >= 4 is 33.2 Å². The average Bonchev–Trinajstić information content (AvgIpc) is 2.67. The predicted octanol–water partition coefficient (Wildman–Crippen LogP) is 4.12. The van der Waals surface area contributed by atoms with Gasteiger partial charge in [0.15, 0.2) is 0 Å². The van der Waals surface area contributed by atoms with Crippen molar-refractivity contribution < 1.29 is 17.9 Å². The minimum atomic E-state index is -3.70. The molecule has 0 aromatic heterocycles. The van der Waals surface area contributed by atoms with E-state index in [0.717, 1.165) is 27.4 Å². The normalized spacial score (nSPS) is 12.5. The van der Waals surface area contributed by atoms with Crippen LogP contribution in [0.2, 0.25) is 5.02 Å². The Kier molecular flexibility index (Phi) is 8.15. The number of nitrogens with one attached hydrogen (secondary N) is 1. The molecule has 0 aliphatic carbocycles. The molecule has 0 saturated heterocycles. The first kappa shape index (κ1) is 24.0. The van der Waals surface area contributed by atoms with Crippen LogP contribution in [0.5, 0.6) is 5.75 Å². The monoisotopic (exact) mass is 452 g/mol. The fraction of sp³-hybridized carbons (Fsp3) is 0.409. The van der Waals surface area contributed by atoms with Gasteiger partial charge in [-0.2, -0.15) is 0 Å². The second kappa shape index (κ2) is 10.2. The highest BCUT2D eigenvalue weighted by atomic mass is 35.5. The standard InChI is InChI=1S/C22H29ClN2O4S/c1-15(2)19-8-6-7-9-21(19)29-13-12-24-22(26)17(4)25(30(5,27)28)18-11-10-16(3)20(23)14-18/h6-11,14-15,17H,12-13H2,1-5H3,(H,24,26)/t17-/m0/s1. The van der Waals surface area contributed by atoms with Gasteiger partial charge in [0.05, 0.1) is 18.5 Å². The van der Waals surface area contributed by atoms with Crippen LogP contribution in [-0.2, 0) is 14.8 Å². The van der Waals surface area contributed by atoms with Gasteiger partial charge < -0.3 is 10.1 Å². The van der Waals surface area contributed by atoms with Gasteiger partial charge in [0.25, 0.3) is 0 Å². The number of anilines is 1. The summed E-state index contributed by atoms with van der Waals surface area (Å²) in [5.41, 5.74) is 2.26. The van der Waals surface area contributed by atoms with Gasteiger partial charge in [-0.25, -0.2) is 8.42 Å². The molecule has 0 radical (unpaired) electrons. The first-order valence-electron chi connectivity index (χ1n) is 9.77. The summed E-state index contributed by atoms with van der Waals surface area (Å²) in [6, 6.07) is 11.7. The van der Waals surface area contributed by atoms with Crippen LogP contribution in [-0.4, -0.2) is 39.8 Å². The molecule has 1 N–H and O–H groups in total. The number of carbonyl (C=O) groups is 1. The number of hydrogen-bond donors (Lipinski definition) is 1. The van der Waals surface area contributed by atoms with Crippen molar-refractivity contribution in [3.63, 3.8) is 0 Å². The third kappa shape index (κ3) is 6.12. The van der Waals surface area contributed by atoms with Gasteiger partial charge >= 0.3 is 0 Å².